The summed E-state index contributed by atoms with van der Waals surface area (Å²) in [6, 6.07) is 13.0. The van der Waals surface area contributed by atoms with Crippen molar-refractivity contribution in [3.8, 4) is 0 Å². The summed E-state index contributed by atoms with van der Waals surface area (Å²) in [5.41, 5.74) is 7.27. The minimum Gasteiger partial charge on any atom is -0.366 e. The van der Waals surface area contributed by atoms with Crippen molar-refractivity contribution < 1.29 is 4.79 Å². The molecule has 23 heavy (non-hydrogen) atoms. The number of carbonyl (C=O) groups is 1. The molecule has 5 heteroatoms. The third-order valence-electron chi connectivity index (χ3n) is 4.41. The number of thiophene rings is 1. The molecule has 1 aromatic heterocycles. The summed E-state index contributed by atoms with van der Waals surface area (Å²) in [7, 11) is 0. The molecule has 2 atom stereocenters. The molecule has 3 rings (SSSR count). The second kappa shape index (κ2) is 7.25. The van der Waals surface area contributed by atoms with Gasteiger partial charge in [-0.3, -0.25) is 9.69 Å². The highest BCUT2D eigenvalue weighted by molar-refractivity contribution is 7.10. The maximum atomic E-state index is 11.1. The largest absolute Gasteiger partial charge is 0.366 e. The van der Waals surface area contributed by atoms with Crippen LogP contribution in [-0.2, 0) is 13.1 Å². The number of likely N-dealkylation sites (tertiary alicyclic amines) is 1. The smallest absolute Gasteiger partial charge is 0.249 e. The van der Waals surface area contributed by atoms with Gasteiger partial charge in [0.25, 0.3) is 0 Å². The first-order valence-electron chi connectivity index (χ1n) is 7.98. The van der Waals surface area contributed by atoms with Crippen molar-refractivity contribution in [3.63, 3.8) is 0 Å². The van der Waals surface area contributed by atoms with Crippen LogP contribution < -0.4 is 11.1 Å². The van der Waals surface area contributed by atoms with Gasteiger partial charge in [-0.25, -0.2) is 0 Å². The van der Waals surface area contributed by atoms with Crippen LogP contribution in [0.3, 0.4) is 0 Å². The molecule has 0 radical (unpaired) electrons. The molecule has 0 aliphatic carbocycles. The molecule has 1 fully saturated rings. The van der Waals surface area contributed by atoms with Gasteiger partial charge in [-0.05, 0) is 17.5 Å². The van der Waals surface area contributed by atoms with Gasteiger partial charge in [0.1, 0.15) is 0 Å². The van der Waals surface area contributed by atoms with Crippen molar-refractivity contribution in [2.45, 2.75) is 26.1 Å². The molecule has 122 valence electrons. The number of nitrogens with two attached hydrogens (primary N) is 1. The number of benzene rings is 1. The second-order valence-corrected chi connectivity index (χ2v) is 7.31. The molecule has 0 bridgehead atoms. The number of primary amides is 1. The number of nitrogens with one attached hydrogen (secondary N) is 1. The van der Waals surface area contributed by atoms with Gasteiger partial charge >= 0.3 is 0 Å². The fourth-order valence-corrected chi connectivity index (χ4v) is 3.96. The molecule has 2 aromatic rings. The van der Waals surface area contributed by atoms with Crippen LogP contribution in [0.1, 0.15) is 27.7 Å². The van der Waals surface area contributed by atoms with E-state index in [4.69, 9.17) is 5.73 Å². The van der Waals surface area contributed by atoms with Gasteiger partial charge in [0.2, 0.25) is 5.91 Å². The molecule has 3 N–H and O–H groups in total. The predicted octanol–water partition coefficient (Wildman–Crippen LogP) is 2.46. The molecule has 2 unspecified atom stereocenters. The highest BCUT2D eigenvalue weighted by atomic mass is 32.1. The van der Waals surface area contributed by atoms with Gasteiger partial charge in [0.15, 0.2) is 0 Å². The topological polar surface area (TPSA) is 58.4 Å². The quantitative estimate of drug-likeness (QED) is 0.856. The van der Waals surface area contributed by atoms with E-state index < -0.39 is 0 Å². The first-order chi connectivity index (χ1) is 11.1. The molecule has 1 aromatic carbocycles. The van der Waals surface area contributed by atoms with Crippen LogP contribution in [0.25, 0.3) is 0 Å². The van der Waals surface area contributed by atoms with Gasteiger partial charge in [0.05, 0.1) is 5.56 Å². The van der Waals surface area contributed by atoms with Crippen molar-refractivity contribution >= 4 is 17.2 Å². The number of hydrogen-bond acceptors (Lipinski definition) is 4. The summed E-state index contributed by atoms with van der Waals surface area (Å²) in [5.74, 6) is 0.269. The third kappa shape index (κ3) is 4.19. The van der Waals surface area contributed by atoms with E-state index >= 15 is 0 Å². The van der Waals surface area contributed by atoms with Gasteiger partial charge in [0, 0.05) is 42.5 Å². The lowest BCUT2D eigenvalue weighted by Crippen LogP contribution is -2.34. The van der Waals surface area contributed by atoms with Crippen LogP contribution in [0.15, 0.2) is 41.8 Å². The maximum Gasteiger partial charge on any atom is 0.249 e. The summed E-state index contributed by atoms with van der Waals surface area (Å²) in [6.45, 7) is 6.28. The Labute approximate surface area is 141 Å². The van der Waals surface area contributed by atoms with E-state index in [1.54, 1.807) is 11.3 Å². The summed E-state index contributed by atoms with van der Waals surface area (Å²) in [4.78, 5) is 14.8. The fraction of sp³-hybridized carbons (Fsp3) is 0.389. The van der Waals surface area contributed by atoms with Crippen molar-refractivity contribution in [1.29, 1.82) is 0 Å². The number of amides is 1. The molecule has 4 nitrogen and oxygen atoms in total. The minimum atomic E-state index is -0.351. The maximum absolute atomic E-state index is 11.1. The summed E-state index contributed by atoms with van der Waals surface area (Å²) in [6.07, 6.45) is 0. The zero-order valence-corrected chi connectivity index (χ0v) is 14.2. The highest BCUT2D eigenvalue weighted by Gasteiger charge is 2.29. The van der Waals surface area contributed by atoms with Gasteiger partial charge in [-0.15, -0.1) is 11.3 Å². The summed E-state index contributed by atoms with van der Waals surface area (Å²) >= 11 is 1.59. The first-order valence-corrected chi connectivity index (χ1v) is 8.86. The Bertz CT molecular complexity index is 655. The van der Waals surface area contributed by atoms with Crippen LogP contribution >= 0.6 is 11.3 Å². The first kappa shape index (κ1) is 16.2. The van der Waals surface area contributed by atoms with Crippen LogP contribution in [-0.4, -0.2) is 29.9 Å². The van der Waals surface area contributed by atoms with E-state index in [0.717, 1.165) is 31.1 Å². The lowest BCUT2D eigenvalue weighted by Gasteiger charge is -2.17. The normalized spacial score (nSPS) is 21.6. The van der Waals surface area contributed by atoms with Crippen LogP contribution in [0, 0.1) is 5.92 Å². The summed E-state index contributed by atoms with van der Waals surface area (Å²) in [5, 5.41) is 5.46. The van der Waals surface area contributed by atoms with E-state index in [9.17, 15) is 4.79 Å². The SMILES string of the molecule is CC1CN(Cc2ccccc2)CC1NCc1cc(C(N)=O)cs1. The molecule has 0 saturated carbocycles. The van der Waals surface area contributed by atoms with Crippen molar-refractivity contribution in [3.05, 3.63) is 57.8 Å². The van der Waals surface area contributed by atoms with Crippen LogP contribution in [0.4, 0.5) is 0 Å². The zero-order valence-electron chi connectivity index (χ0n) is 13.4. The van der Waals surface area contributed by atoms with Crippen molar-refractivity contribution in [2.24, 2.45) is 11.7 Å². The van der Waals surface area contributed by atoms with Gasteiger partial charge in [-0.2, -0.15) is 0 Å². The predicted molar refractivity (Wildman–Crippen MR) is 94.3 cm³/mol. The third-order valence-corrected chi connectivity index (χ3v) is 5.35. The van der Waals surface area contributed by atoms with Crippen molar-refractivity contribution in [2.75, 3.05) is 13.1 Å². The Morgan fingerprint density at radius 3 is 2.83 bits per heavy atom. The molecule has 0 spiro atoms. The van der Waals surface area contributed by atoms with Gasteiger partial charge < -0.3 is 11.1 Å². The average molecular weight is 329 g/mol. The molecular weight excluding hydrogens is 306 g/mol. The standard InChI is InChI=1S/C18H23N3OS/c1-13-9-21(10-14-5-3-2-4-6-14)11-17(13)20-8-16-7-15(12-23-16)18(19)22/h2-7,12-13,17,20H,8-11H2,1H3,(H2,19,22). The Kier molecular flexibility index (Phi) is 5.10. The molecule has 1 aliphatic rings. The second-order valence-electron chi connectivity index (χ2n) is 6.31. The monoisotopic (exact) mass is 329 g/mol. The fourth-order valence-electron chi connectivity index (χ4n) is 3.14. The number of rotatable bonds is 6. The number of carbonyl (C=O) groups excluding carboxylic acids is 1. The zero-order chi connectivity index (χ0) is 16.2. The molecule has 1 aliphatic heterocycles. The van der Waals surface area contributed by atoms with E-state index in [-0.39, 0.29) is 5.91 Å². The van der Waals surface area contributed by atoms with E-state index in [2.05, 4.69) is 47.5 Å². The molecule has 2 heterocycles. The Morgan fingerprint density at radius 2 is 2.13 bits per heavy atom. The van der Waals surface area contributed by atoms with Crippen molar-refractivity contribution in [1.82, 2.24) is 10.2 Å². The highest BCUT2D eigenvalue weighted by Crippen LogP contribution is 2.20. The Morgan fingerprint density at radius 1 is 1.35 bits per heavy atom. The number of nitrogens with zero attached hydrogens (tertiary/aromatic N) is 1. The minimum absolute atomic E-state index is 0.351. The lowest BCUT2D eigenvalue weighted by molar-refractivity contribution is 0.100. The van der Waals surface area contributed by atoms with Crippen LogP contribution in [0.2, 0.25) is 0 Å². The van der Waals surface area contributed by atoms with E-state index in [1.165, 1.54) is 5.56 Å². The molecule has 1 amide bonds. The average Bonchev–Trinajstić information content (AvgIpc) is 3.13. The van der Waals surface area contributed by atoms with E-state index in [1.807, 2.05) is 11.4 Å². The molecule has 1 saturated heterocycles. The molecular formula is C18H23N3OS. The lowest BCUT2D eigenvalue weighted by atomic mass is 10.1. The van der Waals surface area contributed by atoms with E-state index in [0.29, 0.717) is 17.5 Å². The summed E-state index contributed by atoms with van der Waals surface area (Å²) < 4.78 is 0. The van der Waals surface area contributed by atoms with Gasteiger partial charge in [-0.1, -0.05) is 37.3 Å². The Balaban J connectivity index is 1.51. The Hall–Kier alpha value is -1.69. The van der Waals surface area contributed by atoms with Crippen LogP contribution in [0.5, 0.6) is 0 Å². The number of hydrogen-bond donors (Lipinski definition) is 2.